The van der Waals surface area contributed by atoms with E-state index in [1.807, 2.05) is 27.7 Å². The largest absolute Gasteiger partial charge is 0.327 e. The van der Waals surface area contributed by atoms with Crippen LogP contribution in [0.4, 0.5) is 0 Å². The fourth-order valence-electron chi connectivity index (χ4n) is 8.84. The third kappa shape index (κ3) is 17.2. The molecule has 3 heteroatoms. The first-order valence-electron chi connectivity index (χ1n) is 19.0. The van der Waals surface area contributed by atoms with E-state index in [4.69, 9.17) is 5.73 Å². The molecule has 1 heterocycles. The molecule has 0 radical (unpaired) electrons. The van der Waals surface area contributed by atoms with Crippen molar-refractivity contribution in [1.82, 2.24) is 10.6 Å². The van der Waals surface area contributed by atoms with E-state index in [-0.39, 0.29) is 39.0 Å². The topological polar surface area (TPSA) is 60.0 Å². The number of rotatable bonds is 16. The van der Waals surface area contributed by atoms with E-state index in [0.717, 1.165) is 31.1 Å². The Bertz CT molecular complexity index is 722. The minimum atomic E-state index is 0.0149. The Labute approximate surface area is 282 Å². The second-order valence-corrected chi connectivity index (χ2v) is 18.9. The Hall–Kier alpha value is -0.120. The summed E-state index contributed by atoms with van der Waals surface area (Å²) in [5.41, 5.74) is 7.40. The van der Waals surface area contributed by atoms with Gasteiger partial charge >= 0.3 is 0 Å². The van der Waals surface area contributed by atoms with E-state index in [1.54, 1.807) is 0 Å². The average molecular weight is 626 g/mol. The summed E-state index contributed by atoms with van der Waals surface area (Å²) in [7, 11) is 0. The van der Waals surface area contributed by atoms with Crippen molar-refractivity contribution in [3.05, 3.63) is 0 Å². The molecule has 270 valence electrons. The highest BCUT2D eigenvalue weighted by atomic mass is 15.3. The van der Waals surface area contributed by atoms with Crippen molar-refractivity contribution >= 4 is 0 Å². The van der Waals surface area contributed by atoms with Gasteiger partial charge in [-0.3, -0.25) is 0 Å². The fraction of sp³-hybridized carbons (Fsp3) is 1.00. The summed E-state index contributed by atoms with van der Waals surface area (Å²) in [6.07, 6.45) is 7.12. The predicted molar refractivity (Wildman–Crippen MR) is 206 cm³/mol. The SMILES string of the molecule is CC.CC.CC(C)CC(C)C.CC(C)CC(N)C(C)(C)CC(C)(C)NC(C)(C)CC1(C)NC1(CC(C)C)C(C)(C)CC(C)C. The molecule has 1 saturated heterocycles. The third-order valence-electron chi connectivity index (χ3n) is 9.20. The van der Waals surface area contributed by atoms with Gasteiger partial charge < -0.3 is 16.4 Å². The molecule has 3 atom stereocenters. The molecule has 1 aliphatic heterocycles. The van der Waals surface area contributed by atoms with Crippen LogP contribution in [0.3, 0.4) is 0 Å². The lowest BCUT2D eigenvalue weighted by Crippen LogP contribution is -2.57. The van der Waals surface area contributed by atoms with Crippen molar-refractivity contribution < 1.29 is 0 Å². The number of nitrogens with one attached hydrogen (secondary N) is 2. The lowest BCUT2D eigenvalue weighted by atomic mass is 9.63. The highest BCUT2D eigenvalue weighted by Crippen LogP contribution is 2.59. The molecule has 44 heavy (non-hydrogen) atoms. The lowest BCUT2D eigenvalue weighted by Gasteiger charge is -2.46. The highest BCUT2D eigenvalue weighted by Gasteiger charge is 2.70. The maximum absolute atomic E-state index is 6.67. The molecule has 0 bridgehead atoms. The van der Waals surface area contributed by atoms with Crippen LogP contribution in [-0.2, 0) is 0 Å². The second kappa shape index (κ2) is 19.6. The van der Waals surface area contributed by atoms with Gasteiger partial charge in [0.1, 0.15) is 0 Å². The first-order valence-corrected chi connectivity index (χ1v) is 19.0. The molecule has 0 saturated carbocycles. The summed E-state index contributed by atoms with van der Waals surface area (Å²) in [6.45, 7) is 52.8. The van der Waals surface area contributed by atoms with Crippen LogP contribution < -0.4 is 16.4 Å². The Morgan fingerprint density at radius 1 is 0.614 bits per heavy atom. The van der Waals surface area contributed by atoms with Gasteiger partial charge in [0.25, 0.3) is 0 Å². The fourth-order valence-corrected chi connectivity index (χ4v) is 8.84. The van der Waals surface area contributed by atoms with E-state index >= 15 is 0 Å². The lowest BCUT2D eigenvalue weighted by molar-refractivity contribution is 0.126. The summed E-state index contributed by atoms with van der Waals surface area (Å²) in [4.78, 5) is 0. The zero-order chi connectivity index (χ0) is 36.1. The summed E-state index contributed by atoms with van der Waals surface area (Å²) in [6, 6.07) is 0.222. The van der Waals surface area contributed by atoms with Crippen molar-refractivity contribution in [3.8, 4) is 0 Å². The highest BCUT2D eigenvalue weighted by molar-refractivity contribution is 5.31. The third-order valence-corrected chi connectivity index (χ3v) is 9.20. The van der Waals surface area contributed by atoms with Crippen LogP contribution in [0.1, 0.15) is 198 Å². The first kappa shape index (κ1) is 48.3. The van der Waals surface area contributed by atoms with Gasteiger partial charge in [0, 0.05) is 28.2 Å². The molecule has 1 aliphatic rings. The molecule has 3 unspecified atom stereocenters. The Morgan fingerprint density at radius 3 is 1.34 bits per heavy atom. The van der Waals surface area contributed by atoms with Crippen molar-refractivity contribution in [2.75, 3.05) is 0 Å². The van der Waals surface area contributed by atoms with Gasteiger partial charge in [0.15, 0.2) is 0 Å². The molecule has 4 N–H and O–H groups in total. The quantitative estimate of drug-likeness (QED) is 0.150. The van der Waals surface area contributed by atoms with Crippen LogP contribution in [0.25, 0.3) is 0 Å². The molecule has 1 fully saturated rings. The monoisotopic (exact) mass is 626 g/mol. The van der Waals surface area contributed by atoms with Crippen molar-refractivity contribution in [3.63, 3.8) is 0 Å². The minimum Gasteiger partial charge on any atom is -0.327 e. The van der Waals surface area contributed by atoms with Gasteiger partial charge in [-0.05, 0) is 114 Å². The number of hydrogen-bond acceptors (Lipinski definition) is 3. The summed E-state index contributed by atoms with van der Waals surface area (Å²) in [5.74, 6) is 3.77. The van der Waals surface area contributed by atoms with Crippen LogP contribution in [-0.4, -0.2) is 28.2 Å². The van der Waals surface area contributed by atoms with Crippen molar-refractivity contribution in [1.29, 1.82) is 0 Å². The van der Waals surface area contributed by atoms with E-state index in [9.17, 15) is 0 Å². The summed E-state index contributed by atoms with van der Waals surface area (Å²) < 4.78 is 0. The molecule has 1 rings (SSSR count). The van der Waals surface area contributed by atoms with Gasteiger partial charge in [0.2, 0.25) is 0 Å². The first-order chi connectivity index (χ1) is 19.6. The molecule has 0 aromatic carbocycles. The van der Waals surface area contributed by atoms with Gasteiger partial charge in [-0.1, -0.05) is 125 Å². The zero-order valence-corrected chi connectivity index (χ0v) is 35.3. The van der Waals surface area contributed by atoms with Gasteiger partial charge in [0.05, 0.1) is 0 Å². The molecule has 0 aromatic rings. The molecular formula is C41H91N3. The standard InChI is InChI=1S/C30H63N3.C7H16.2C2H6/c1-21(2)16-24(31)25(7,8)19-27(11,12)32-28(13,14)20-29(15)30(33-29,18-23(5)6)26(9,10)17-22(3)4;1-6(2)5-7(3)4;2*1-2/h21-24,32-33H,16-20,31H2,1-15H3;6-7H,5H2,1-4H3;2*1-2H3. The maximum Gasteiger partial charge on any atom is 0.0421 e. The Kier molecular flexibility index (Phi) is 21.6. The van der Waals surface area contributed by atoms with Gasteiger partial charge in [-0.15, -0.1) is 0 Å². The molecule has 0 aliphatic carbocycles. The summed E-state index contributed by atoms with van der Waals surface area (Å²) in [5, 5.41) is 8.19. The van der Waals surface area contributed by atoms with Gasteiger partial charge in [-0.25, -0.2) is 0 Å². The Balaban J connectivity index is -0.00000132. The van der Waals surface area contributed by atoms with Gasteiger partial charge in [-0.2, -0.15) is 0 Å². The predicted octanol–water partition coefficient (Wildman–Crippen LogP) is 12.3. The smallest absolute Gasteiger partial charge is 0.0421 e. The molecular weight excluding hydrogens is 534 g/mol. The number of hydrogen-bond donors (Lipinski definition) is 3. The summed E-state index contributed by atoms with van der Waals surface area (Å²) >= 11 is 0. The normalized spacial score (nSPS) is 21.5. The van der Waals surface area contributed by atoms with E-state index in [1.165, 1.54) is 19.3 Å². The minimum absolute atomic E-state index is 0.0149. The van der Waals surface area contributed by atoms with Crippen LogP contribution in [0, 0.1) is 40.4 Å². The van der Waals surface area contributed by atoms with Crippen LogP contribution >= 0.6 is 0 Å². The van der Waals surface area contributed by atoms with Crippen molar-refractivity contribution in [2.45, 2.75) is 226 Å². The molecule has 0 aromatic heterocycles. The van der Waals surface area contributed by atoms with E-state index in [0.29, 0.717) is 17.8 Å². The maximum atomic E-state index is 6.67. The number of nitrogens with two attached hydrogens (primary N) is 1. The zero-order valence-electron chi connectivity index (χ0n) is 35.3. The molecule has 3 nitrogen and oxygen atoms in total. The van der Waals surface area contributed by atoms with E-state index in [2.05, 4.69) is 142 Å². The average Bonchev–Trinajstić information content (AvgIpc) is 3.35. The van der Waals surface area contributed by atoms with E-state index < -0.39 is 0 Å². The molecule has 0 spiro atoms. The van der Waals surface area contributed by atoms with Crippen molar-refractivity contribution in [2.24, 2.45) is 46.2 Å². The van der Waals surface area contributed by atoms with Crippen LogP contribution in [0.15, 0.2) is 0 Å². The Morgan fingerprint density at radius 2 is 1.02 bits per heavy atom. The van der Waals surface area contributed by atoms with Crippen LogP contribution in [0.2, 0.25) is 0 Å². The molecule has 0 amide bonds. The van der Waals surface area contributed by atoms with Crippen LogP contribution in [0.5, 0.6) is 0 Å². The second-order valence-electron chi connectivity index (χ2n) is 18.9.